The van der Waals surface area contributed by atoms with Crippen LogP contribution in [0.25, 0.3) is 10.2 Å². The number of halogens is 1. The molecule has 4 rings (SSSR count). The molecule has 2 aromatic heterocycles. The second-order valence-electron chi connectivity index (χ2n) is 6.42. The molecule has 1 aliphatic rings. The topological polar surface area (TPSA) is 29.0 Å². The first kappa shape index (κ1) is 18.1. The maximum absolute atomic E-state index is 5.98. The van der Waals surface area contributed by atoms with Crippen molar-refractivity contribution in [2.75, 3.05) is 18.0 Å². The monoisotopic (exact) mass is 403 g/mol. The van der Waals surface area contributed by atoms with Gasteiger partial charge in [0.2, 0.25) is 0 Å². The molecule has 0 amide bonds. The molecule has 0 spiro atoms. The lowest BCUT2D eigenvalue weighted by molar-refractivity contribution is 0.840. The standard InChI is InChI=1S/C20H22ClN3S2/c1-3-24(4-2)19-18-15-6-5-7-16(15)26-20(18)23-17(22-19)12-25-14-10-8-13(21)9-11-14/h8-11H,3-7,12H2,1-2H3. The van der Waals surface area contributed by atoms with Crippen molar-refractivity contribution < 1.29 is 0 Å². The molecule has 1 aromatic carbocycles. The number of aromatic nitrogens is 2. The summed E-state index contributed by atoms with van der Waals surface area (Å²) in [6, 6.07) is 7.96. The Morgan fingerprint density at radius 1 is 1.12 bits per heavy atom. The highest BCUT2D eigenvalue weighted by Crippen LogP contribution is 2.41. The largest absolute Gasteiger partial charge is 0.357 e. The Labute approximate surface area is 167 Å². The van der Waals surface area contributed by atoms with Crippen LogP contribution >= 0.6 is 34.7 Å². The minimum atomic E-state index is 0.768. The highest BCUT2D eigenvalue weighted by molar-refractivity contribution is 7.98. The van der Waals surface area contributed by atoms with Gasteiger partial charge in [-0.25, -0.2) is 9.97 Å². The smallest absolute Gasteiger partial charge is 0.142 e. The quantitative estimate of drug-likeness (QED) is 0.474. The minimum absolute atomic E-state index is 0.768. The fourth-order valence-corrected chi connectivity index (χ4v) is 5.67. The van der Waals surface area contributed by atoms with Gasteiger partial charge in [-0.3, -0.25) is 0 Å². The second-order valence-corrected chi connectivity index (χ2v) is 8.98. The molecule has 3 nitrogen and oxygen atoms in total. The summed E-state index contributed by atoms with van der Waals surface area (Å²) in [5.74, 6) is 2.82. The van der Waals surface area contributed by atoms with Crippen molar-refractivity contribution in [2.45, 2.75) is 43.8 Å². The Balaban J connectivity index is 1.70. The molecule has 0 bridgehead atoms. The second kappa shape index (κ2) is 7.75. The summed E-state index contributed by atoms with van der Waals surface area (Å²) in [7, 11) is 0. The van der Waals surface area contributed by atoms with Crippen molar-refractivity contribution >= 4 is 50.7 Å². The molecule has 1 aliphatic carbocycles. The number of rotatable bonds is 6. The first-order chi connectivity index (χ1) is 12.7. The Morgan fingerprint density at radius 3 is 2.62 bits per heavy atom. The van der Waals surface area contributed by atoms with E-state index < -0.39 is 0 Å². The van der Waals surface area contributed by atoms with Gasteiger partial charge >= 0.3 is 0 Å². The molecule has 6 heteroatoms. The Bertz CT molecular complexity index is 917. The zero-order valence-corrected chi connectivity index (χ0v) is 17.5. The number of benzene rings is 1. The molecule has 3 aromatic rings. The third-order valence-corrected chi connectivity index (χ3v) is 7.28. The summed E-state index contributed by atoms with van der Waals surface area (Å²) in [6.07, 6.45) is 3.64. The minimum Gasteiger partial charge on any atom is -0.357 e. The summed E-state index contributed by atoms with van der Waals surface area (Å²) in [5, 5.41) is 2.08. The van der Waals surface area contributed by atoms with Gasteiger partial charge in [0.15, 0.2) is 0 Å². The summed E-state index contributed by atoms with van der Waals surface area (Å²) >= 11 is 9.61. The van der Waals surface area contributed by atoms with Crippen molar-refractivity contribution in [3.63, 3.8) is 0 Å². The van der Waals surface area contributed by atoms with Crippen LogP contribution in [-0.2, 0) is 18.6 Å². The fraction of sp³-hybridized carbons (Fsp3) is 0.400. The van der Waals surface area contributed by atoms with Gasteiger partial charge in [-0.1, -0.05) is 11.6 Å². The third-order valence-electron chi connectivity index (χ3n) is 4.84. The lowest BCUT2D eigenvalue weighted by Gasteiger charge is -2.21. The Kier molecular flexibility index (Phi) is 5.39. The SMILES string of the molecule is CCN(CC)c1nc(CSc2ccc(Cl)cc2)nc2sc3c(c12)CCC3. The van der Waals surface area contributed by atoms with E-state index in [1.165, 1.54) is 44.8 Å². The van der Waals surface area contributed by atoms with Crippen LogP contribution < -0.4 is 4.90 Å². The maximum Gasteiger partial charge on any atom is 0.142 e. The zero-order chi connectivity index (χ0) is 18.1. The van der Waals surface area contributed by atoms with Crippen molar-refractivity contribution in [3.05, 3.63) is 45.6 Å². The van der Waals surface area contributed by atoms with Gasteiger partial charge in [0, 0.05) is 27.9 Å². The predicted molar refractivity (Wildman–Crippen MR) is 114 cm³/mol. The van der Waals surface area contributed by atoms with E-state index in [0.717, 1.165) is 35.5 Å². The first-order valence-corrected chi connectivity index (χ1v) is 11.3. The molecule has 0 aliphatic heterocycles. The van der Waals surface area contributed by atoms with Crippen LogP contribution in [0.1, 0.15) is 36.5 Å². The number of aryl methyl sites for hydroxylation is 2. The molecule has 0 atom stereocenters. The molecule has 0 radical (unpaired) electrons. The van der Waals surface area contributed by atoms with Gasteiger partial charge in [0.05, 0.1) is 11.1 Å². The average molecular weight is 404 g/mol. The average Bonchev–Trinajstić information content (AvgIpc) is 3.23. The van der Waals surface area contributed by atoms with Gasteiger partial charge in [-0.05, 0) is 62.9 Å². The molecule has 136 valence electrons. The van der Waals surface area contributed by atoms with Crippen molar-refractivity contribution in [1.82, 2.24) is 9.97 Å². The number of thiophene rings is 1. The van der Waals surface area contributed by atoms with Crippen molar-refractivity contribution in [2.24, 2.45) is 0 Å². The number of hydrogen-bond acceptors (Lipinski definition) is 5. The van der Waals surface area contributed by atoms with Gasteiger partial charge in [-0.15, -0.1) is 23.1 Å². The molecule has 0 unspecified atom stereocenters. The van der Waals surface area contributed by atoms with E-state index in [9.17, 15) is 0 Å². The van der Waals surface area contributed by atoms with E-state index in [1.54, 1.807) is 11.8 Å². The molecule has 0 saturated heterocycles. The van der Waals surface area contributed by atoms with Crippen molar-refractivity contribution in [1.29, 1.82) is 0 Å². The maximum atomic E-state index is 5.98. The fourth-order valence-electron chi connectivity index (χ4n) is 3.51. The van der Waals surface area contributed by atoms with E-state index in [-0.39, 0.29) is 0 Å². The lowest BCUT2D eigenvalue weighted by atomic mass is 10.2. The highest BCUT2D eigenvalue weighted by atomic mass is 35.5. The van der Waals surface area contributed by atoms with Crippen LogP contribution in [0, 0.1) is 0 Å². The van der Waals surface area contributed by atoms with E-state index in [0.29, 0.717) is 0 Å². The third kappa shape index (κ3) is 3.45. The zero-order valence-electron chi connectivity index (χ0n) is 15.1. The normalized spacial score (nSPS) is 13.3. The van der Waals surface area contributed by atoms with Gasteiger partial charge < -0.3 is 4.90 Å². The predicted octanol–water partition coefficient (Wildman–Crippen LogP) is 5.97. The van der Waals surface area contributed by atoms with Gasteiger partial charge in [0.25, 0.3) is 0 Å². The number of hydrogen-bond donors (Lipinski definition) is 0. The van der Waals surface area contributed by atoms with Crippen LogP contribution in [0.15, 0.2) is 29.2 Å². The number of anilines is 1. The van der Waals surface area contributed by atoms with E-state index in [4.69, 9.17) is 21.6 Å². The molecule has 0 saturated carbocycles. The molecule has 2 heterocycles. The van der Waals surface area contributed by atoms with E-state index >= 15 is 0 Å². The van der Waals surface area contributed by atoms with Gasteiger partial charge in [0.1, 0.15) is 16.5 Å². The summed E-state index contributed by atoms with van der Waals surface area (Å²) in [6.45, 7) is 6.34. The van der Waals surface area contributed by atoms with Crippen LogP contribution in [0.2, 0.25) is 5.02 Å². The first-order valence-electron chi connectivity index (χ1n) is 9.14. The number of thioether (sulfide) groups is 1. The van der Waals surface area contributed by atoms with Crippen LogP contribution in [0.5, 0.6) is 0 Å². The molecular weight excluding hydrogens is 382 g/mol. The van der Waals surface area contributed by atoms with Crippen LogP contribution in [0.3, 0.4) is 0 Å². The summed E-state index contributed by atoms with van der Waals surface area (Å²) < 4.78 is 0. The molecule has 0 N–H and O–H groups in total. The lowest BCUT2D eigenvalue weighted by Crippen LogP contribution is -2.24. The molecule has 0 fully saturated rings. The van der Waals surface area contributed by atoms with Gasteiger partial charge in [-0.2, -0.15) is 0 Å². The Morgan fingerprint density at radius 2 is 1.88 bits per heavy atom. The van der Waals surface area contributed by atoms with Crippen molar-refractivity contribution in [3.8, 4) is 0 Å². The highest BCUT2D eigenvalue weighted by Gasteiger charge is 2.24. The molecular formula is C20H22ClN3S2. The van der Waals surface area contributed by atoms with Crippen LogP contribution in [0.4, 0.5) is 5.82 Å². The van der Waals surface area contributed by atoms with Crippen LogP contribution in [-0.4, -0.2) is 23.1 Å². The summed E-state index contributed by atoms with van der Waals surface area (Å²) in [4.78, 5) is 16.2. The summed E-state index contributed by atoms with van der Waals surface area (Å²) in [5.41, 5.74) is 1.50. The molecule has 26 heavy (non-hydrogen) atoms. The Hall–Kier alpha value is -1.30. The van der Waals surface area contributed by atoms with E-state index in [2.05, 4.69) is 30.9 Å². The number of fused-ring (bicyclic) bond motifs is 3. The number of nitrogens with zero attached hydrogens (tertiary/aromatic N) is 3. The van der Waals surface area contributed by atoms with E-state index in [1.807, 2.05) is 23.5 Å².